The molecule has 0 spiro atoms. The lowest BCUT2D eigenvalue weighted by molar-refractivity contribution is -0.137. The highest BCUT2D eigenvalue weighted by atomic mass is 32.2. The Balaban J connectivity index is 1.58. The number of carbonyl (C=O) groups excluding carboxylic acids is 1. The number of hydrogen-bond acceptors (Lipinski definition) is 4. The van der Waals surface area contributed by atoms with Gasteiger partial charge in [-0.1, -0.05) is 12.1 Å². The van der Waals surface area contributed by atoms with Gasteiger partial charge < -0.3 is 5.32 Å². The third-order valence-corrected chi connectivity index (χ3v) is 5.73. The van der Waals surface area contributed by atoms with Crippen molar-refractivity contribution in [2.45, 2.75) is 17.6 Å². The Morgan fingerprint density at radius 2 is 1.56 bits per heavy atom. The van der Waals surface area contributed by atoms with Gasteiger partial charge in [0.1, 0.15) is 0 Å². The molecule has 0 aliphatic rings. The Morgan fingerprint density at radius 1 is 0.938 bits per heavy atom. The zero-order valence-corrected chi connectivity index (χ0v) is 17.3. The zero-order chi connectivity index (χ0) is 23.2. The molecule has 166 valence electrons. The summed E-state index contributed by atoms with van der Waals surface area (Å²) in [6, 6.07) is 13.2. The topological polar surface area (TPSA) is 88.2 Å². The van der Waals surface area contributed by atoms with E-state index in [0.717, 1.165) is 17.7 Å². The minimum atomic E-state index is -4.45. The van der Waals surface area contributed by atoms with Crippen LogP contribution in [0.5, 0.6) is 0 Å². The van der Waals surface area contributed by atoms with Gasteiger partial charge in [0.15, 0.2) is 0 Å². The Labute approximate surface area is 182 Å². The predicted molar refractivity (Wildman–Crippen MR) is 114 cm³/mol. The Morgan fingerprint density at radius 3 is 2.16 bits per heavy atom. The molecule has 0 aliphatic carbocycles. The molecule has 2 aromatic carbocycles. The molecule has 32 heavy (non-hydrogen) atoms. The number of halogens is 3. The van der Waals surface area contributed by atoms with E-state index in [2.05, 4.69) is 15.0 Å². The third kappa shape index (κ3) is 6.50. The standard InChI is InChI=1S/C22H18F3N3O3S/c23-22(24,25)18-4-1-17(2-5-18)15-27-32(30,31)20-8-6-19(7-9-20)28-21(29)10-3-16-11-13-26-14-12-16/h1-14,27H,15H2,(H,28,29)/b10-3+. The summed E-state index contributed by atoms with van der Waals surface area (Å²) >= 11 is 0. The van der Waals surface area contributed by atoms with Crippen LogP contribution in [0.3, 0.4) is 0 Å². The van der Waals surface area contributed by atoms with Gasteiger partial charge in [0.05, 0.1) is 10.5 Å². The van der Waals surface area contributed by atoms with E-state index in [1.165, 1.54) is 42.5 Å². The van der Waals surface area contributed by atoms with E-state index < -0.39 is 27.7 Å². The largest absolute Gasteiger partial charge is 0.416 e. The Bertz CT molecular complexity index is 1190. The van der Waals surface area contributed by atoms with Crippen LogP contribution in [0.2, 0.25) is 0 Å². The number of benzene rings is 2. The summed E-state index contributed by atoms with van der Waals surface area (Å²) in [6.45, 7) is -0.168. The average Bonchev–Trinajstić information content (AvgIpc) is 2.77. The number of hydrogen-bond donors (Lipinski definition) is 2. The maximum absolute atomic E-state index is 12.6. The summed E-state index contributed by atoms with van der Waals surface area (Å²) < 4.78 is 65.0. The van der Waals surface area contributed by atoms with Gasteiger partial charge >= 0.3 is 6.18 Å². The number of alkyl halides is 3. The lowest BCUT2D eigenvalue weighted by Crippen LogP contribution is -2.23. The number of sulfonamides is 1. The molecule has 0 fully saturated rings. The number of rotatable bonds is 7. The van der Waals surface area contributed by atoms with E-state index >= 15 is 0 Å². The molecule has 0 bridgehead atoms. The number of amides is 1. The fourth-order valence-electron chi connectivity index (χ4n) is 2.62. The normalized spacial score (nSPS) is 12.1. The molecule has 1 aromatic heterocycles. The molecule has 6 nitrogen and oxygen atoms in total. The maximum Gasteiger partial charge on any atom is 0.416 e. The molecule has 0 aliphatic heterocycles. The lowest BCUT2D eigenvalue weighted by atomic mass is 10.1. The molecule has 2 N–H and O–H groups in total. The van der Waals surface area contributed by atoms with E-state index in [1.807, 2.05) is 0 Å². The van der Waals surface area contributed by atoms with Gasteiger partial charge in [0.2, 0.25) is 15.9 Å². The van der Waals surface area contributed by atoms with E-state index in [0.29, 0.717) is 11.3 Å². The first-order valence-corrected chi connectivity index (χ1v) is 10.8. The summed E-state index contributed by atoms with van der Waals surface area (Å²) in [7, 11) is -3.89. The van der Waals surface area contributed by atoms with Crippen LogP contribution in [-0.2, 0) is 27.5 Å². The smallest absolute Gasteiger partial charge is 0.323 e. The first-order valence-electron chi connectivity index (χ1n) is 9.28. The van der Waals surface area contributed by atoms with Crippen molar-refractivity contribution in [1.29, 1.82) is 0 Å². The average molecular weight is 461 g/mol. The van der Waals surface area contributed by atoms with E-state index in [4.69, 9.17) is 0 Å². The van der Waals surface area contributed by atoms with Crippen LogP contribution in [0, 0.1) is 0 Å². The number of aromatic nitrogens is 1. The highest BCUT2D eigenvalue weighted by Gasteiger charge is 2.29. The second kappa shape index (κ2) is 9.75. The lowest BCUT2D eigenvalue weighted by Gasteiger charge is -2.10. The van der Waals surface area contributed by atoms with Crippen molar-refractivity contribution in [3.8, 4) is 0 Å². The molecule has 0 unspecified atom stereocenters. The molecule has 0 atom stereocenters. The highest BCUT2D eigenvalue weighted by molar-refractivity contribution is 7.89. The number of pyridine rings is 1. The molecule has 0 saturated carbocycles. The molecule has 0 radical (unpaired) electrons. The van der Waals surface area contributed by atoms with Gasteiger partial charge in [-0.15, -0.1) is 0 Å². The van der Waals surface area contributed by atoms with Crippen molar-refractivity contribution in [1.82, 2.24) is 9.71 Å². The van der Waals surface area contributed by atoms with Crippen LogP contribution < -0.4 is 10.0 Å². The maximum atomic E-state index is 12.6. The SMILES string of the molecule is O=C(/C=C/c1ccncc1)Nc1ccc(S(=O)(=O)NCc2ccc(C(F)(F)F)cc2)cc1. The Hall–Kier alpha value is -3.50. The molecule has 10 heteroatoms. The van der Waals surface area contributed by atoms with Crippen LogP contribution in [0.25, 0.3) is 6.08 Å². The summed E-state index contributed by atoms with van der Waals surface area (Å²) in [5.74, 6) is -0.391. The van der Waals surface area contributed by atoms with Crippen LogP contribution >= 0.6 is 0 Å². The molecular weight excluding hydrogens is 443 g/mol. The van der Waals surface area contributed by atoms with Gasteiger partial charge in [-0.05, 0) is 65.7 Å². The van der Waals surface area contributed by atoms with Gasteiger partial charge in [0, 0.05) is 30.7 Å². The third-order valence-electron chi connectivity index (χ3n) is 4.31. The van der Waals surface area contributed by atoms with Crippen molar-refractivity contribution >= 4 is 27.7 Å². The van der Waals surface area contributed by atoms with Gasteiger partial charge in [-0.25, -0.2) is 13.1 Å². The van der Waals surface area contributed by atoms with Gasteiger partial charge in [0.25, 0.3) is 0 Å². The fourth-order valence-corrected chi connectivity index (χ4v) is 3.64. The van der Waals surface area contributed by atoms with Crippen molar-refractivity contribution < 1.29 is 26.4 Å². The van der Waals surface area contributed by atoms with E-state index in [-0.39, 0.29) is 11.4 Å². The predicted octanol–water partition coefficient (Wildman–Crippen LogP) is 4.23. The van der Waals surface area contributed by atoms with Crippen molar-refractivity contribution in [2.75, 3.05) is 5.32 Å². The number of anilines is 1. The van der Waals surface area contributed by atoms with Gasteiger partial charge in [-0.3, -0.25) is 9.78 Å². The fraction of sp³-hybridized carbons (Fsp3) is 0.0909. The minimum absolute atomic E-state index is 0.0465. The summed E-state index contributed by atoms with van der Waals surface area (Å²) in [5.41, 5.74) is 0.774. The molecule has 1 amide bonds. The second-order valence-electron chi connectivity index (χ2n) is 6.65. The van der Waals surface area contributed by atoms with Crippen molar-refractivity contribution in [2.24, 2.45) is 0 Å². The molecule has 3 aromatic rings. The molecule has 1 heterocycles. The molecule has 3 rings (SSSR count). The monoisotopic (exact) mass is 461 g/mol. The summed E-state index contributed by atoms with van der Waals surface area (Å²) in [4.78, 5) is 15.8. The summed E-state index contributed by atoms with van der Waals surface area (Å²) in [5, 5.41) is 2.62. The van der Waals surface area contributed by atoms with Crippen LogP contribution in [0.4, 0.5) is 18.9 Å². The molecular formula is C22H18F3N3O3S. The number of carbonyl (C=O) groups is 1. The number of nitrogens with one attached hydrogen (secondary N) is 2. The second-order valence-corrected chi connectivity index (χ2v) is 8.41. The van der Waals surface area contributed by atoms with E-state index in [9.17, 15) is 26.4 Å². The zero-order valence-electron chi connectivity index (χ0n) is 16.5. The first kappa shape index (κ1) is 23.2. The van der Waals surface area contributed by atoms with Crippen LogP contribution in [0.15, 0.2) is 84.0 Å². The Kier molecular flexibility index (Phi) is 7.06. The van der Waals surface area contributed by atoms with Crippen molar-refractivity contribution in [3.05, 3.63) is 95.8 Å². The minimum Gasteiger partial charge on any atom is -0.323 e. The summed E-state index contributed by atoms with van der Waals surface area (Å²) in [6.07, 6.45) is 1.70. The van der Waals surface area contributed by atoms with Crippen LogP contribution in [0.1, 0.15) is 16.7 Å². The quantitative estimate of drug-likeness (QED) is 0.516. The van der Waals surface area contributed by atoms with Crippen molar-refractivity contribution in [3.63, 3.8) is 0 Å². The van der Waals surface area contributed by atoms with E-state index in [1.54, 1.807) is 30.6 Å². The van der Waals surface area contributed by atoms with Gasteiger partial charge in [-0.2, -0.15) is 13.2 Å². The molecule has 0 saturated heterocycles. The van der Waals surface area contributed by atoms with Crippen LogP contribution in [-0.4, -0.2) is 19.3 Å². The first-order chi connectivity index (χ1) is 15.1. The highest BCUT2D eigenvalue weighted by Crippen LogP contribution is 2.29. The number of nitrogens with zero attached hydrogens (tertiary/aromatic N) is 1.